The number of benzene rings is 1. The summed E-state index contributed by atoms with van der Waals surface area (Å²) in [5.74, 6) is 1.70. The predicted molar refractivity (Wildman–Crippen MR) is 67.3 cm³/mol. The molecule has 0 fully saturated rings. The maximum Gasteiger partial charge on any atom is 0.180 e. The normalized spacial score (nSPS) is 14.2. The van der Waals surface area contributed by atoms with Crippen LogP contribution in [0.4, 0.5) is 0 Å². The molecule has 0 atom stereocenters. The van der Waals surface area contributed by atoms with E-state index in [0.717, 1.165) is 16.9 Å². The highest BCUT2D eigenvalue weighted by Gasteiger charge is 2.24. The van der Waals surface area contributed by atoms with E-state index in [0.29, 0.717) is 36.3 Å². The van der Waals surface area contributed by atoms with E-state index in [2.05, 4.69) is 13.8 Å². The summed E-state index contributed by atoms with van der Waals surface area (Å²) in [5, 5.41) is 9.67. The third-order valence-corrected chi connectivity index (χ3v) is 3.13. The van der Waals surface area contributed by atoms with E-state index in [1.165, 1.54) is 0 Å². The molecule has 1 heterocycles. The molecule has 0 bridgehead atoms. The van der Waals surface area contributed by atoms with Gasteiger partial charge in [-0.25, -0.2) is 0 Å². The zero-order chi connectivity index (χ0) is 12.4. The number of aliphatic hydroxyl groups is 1. The lowest BCUT2D eigenvalue weighted by Crippen LogP contribution is -2.18. The van der Waals surface area contributed by atoms with Gasteiger partial charge in [0, 0.05) is 12.2 Å². The fraction of sp³-hybridized carbons (Fsp3) is 0.538. The third kappa shape index (κ3) is 2.35. The summed E-state index contributed by atoms with van der Waals surface area (Å²) in [6.45, 7) is 5.38. The minimum Gasteiger partial charge on any atom is -0.486 e. The van der Waals surface area contributed by atoms with Gasteiger partial charge in [-0.2, -0.15) is 0 Å². The molecule has 0 unspecified atom stereocenters. The van der Waals surface area contributed by atoms with Crippen molar-refractivity contribution in [3.05, 3.63) is 22.2 Å². The van der Waals surface area contributed by atoms with Crippen LogP contribution in [0.15, 0.2) is 6.07 Å². The Bertz CT molecular complexity index is 416. The minimum atomic E-state index is 0.107. The van der Waals surface area contributed by atoms with Crippen LogP contribution in [-0.2, 0) is 6.42 Å². The van der Waals surface area contributed by atoms with Crippen molar-refractivity contribution >= 4 is 11.6 Å². The number of fused-ring (bicyclic) bond motifs is 1. The fourth-order valence-electron chi connectivity index (χ4n) is 2.20. The highest BCUT2D eigenvalue weighted by atomic mass is 35.5. The predicted octanol–water partition coefficient (Wildman–Crippen LogP) is 2.77. The van der Waals surface area contributed by atoms with Gasteiger partial charge in [-0.15, -0.1) is 0 Å². The Kier molecular flexibility index (Phi) is 3.79. The van der Waals surface area contributed by atoms with Crippen molar-refractivity contribution in [2.45, 2.75) is 26.2 Å². The standard InChI is InChI=1S/C13H17ClO3/c1-8(2)11-9(3-4-15)7-10(14)12-13(11)17-6-5-16-12/h7-8,15H,3-6H2,1-2H3. The van der Waals surface area contributed by atoms with Crippen LogP contribution in [0.2, 0.25) is 5.02 Å². The average Bonchev–Trinajstić information content (AvgIpc) is 2.29. The number of hydrogen-bond donors (Lipinski definition) is 1. The van der Waals surface area contributed by atoms with E-state index in [4.69, 9.17) is 26.2 Å². The largest absolute Gasteiger partial charge is 0.486 e. The van der Waals surface area contributed by atoms with Crippen molar-refractivity contribution in [2.75, 3.05) is 19.8 Å². The molecule has 3 nitrogen and oxygen atoms in total. The lowest BCUT2D eigenvalue weighted by Gasteiger charge is -2.25. The molecule has 1 aromatic rings. The zero-order valence-corrected chi connectivity index (χ0v) is 10.9. The Hall–Kier alpha value is -0.930. The van der Waals surface area contributed by atoms with E-state index in [1.54, 1.807) is 0 Å². The average molecular weight is 257 g/mol. The monoisotopic (exact) mass is 256 g/mol. The molecule has 1 aliphatic heterocycles. The summed E-state index contributed by atoms with van der Waals surface area (Å²) in [6.07, 6.45) is 0.587. The summed E-state index contributed by atoms with van der Waals surface area (Å²) < 4.78 is 11.3. The lowest BCUT2D eigenvalue weighted by molar-refractivity contribution is 0.169. The van der Waals surface area contributed by atoms with Gasteiger partial charge in [-0.1, -0.05) is 25.4 Å². The Balaban J connectivity index is 2.58. The van der Waals surface area contributed by atoms with Crippen LogP contribution < -0.4 is 9.47 Å². The number of rotatable bonds is 3. The quantitative estimate of drug-likeness (QED) is 0.904. The maximum absolute atomic E-state index is 9.11. The number of hydrogen-bond acceptors (Lipinski definition) is 3. The van der Waals surface area contributed by atoms with Crippen LogP contribution in [0.25, 0.3) is 0 Å². The van der Waals surface area contributed by atoms with Crippen molar-refractivity contribution in [3.63, 3.8) is 0 Å². The molecule has 0 saturated heterocycles. The highest BCUT2D eigenvalue weighted by molar-refractivity contribution is 6.32. The molecule has 0 aliphatic carbocycles. The molecule has 0 saturated carbocycles. The molecule has 0 amide bonds. The minimum absolute atomic E-state index is 0.107. The summed E-state index contributed by atoms with van der Waals surface area (Å²) in [5.41, 5.74) is 2.13. The second-order valence-electron chi connectivity index (χ2n) is 4.41. The SMILES string of the molecule is CC(C)c1c(CCO)cc(Cl)c2c1OCCO2. The summed E-state index contributed by atoms with van der Waals surface area (Å²) in [7, 11) is 0. The van der Waals surface area contributed by atoms with E-state index < -0.39 is 0 Å². The van der Waals surface area contributed by atoms with Crippen LogP contribution >= 0.6 is 11.6 Å². The van der Waals surface area contributed by atoms with Gasteiger partial charge in [-0.3, -0.25) is 0 Å². The third-order valence-electron chi connectivity index (χ3n) is 2.85. The second-order valence-corrected chi connectivity index (χ2v) is 4.82. The van der Waals surface area contributed by atoms with E-state index in [-0.39, 0.29) is 6.61 Å². The molecule has 1 aromatic carbocycles. The van der Waals surface area contributed by atoms with Crippen molar-refractivity contribution in [3.8, 4) is 11.5 Å². The molecule has 0 radical (unpaired) electrons. The number of ether oxygens (including phenoxy) is 2. The smallest absolute Gasteiger partial charge is 0.180 e. The van der Waals surface area contributed by atoms with Crippen LogP contribution in [0.1, 0.15) is 30.9 Å². The first kappa shape index (κ1) is 12.5. The van der Waals surface area contributed by atoms with Crippen LogP contribution in [0.5, 0.6) is 11.5 Å². The first-order chi connectivity index (χ1) is 8.15. The molecule has 0 aromatic heterocycles. The van der Waals surface area contributed by atoms with Crippen LogP contribution in [0, 0.1) is 0 Å². The summed E-state index contributed by atoms with van der Waals surface area (Å²) in [6, 6.07) is 1.88. The van der Waals surface area contributed by atoms with Gasteiger partial charge >= 0.3 is 0 Å². The van der Waals surface area contributed by atoms with E-state index in [1.807, 2.05) is 6.07 Å². The van der Waals surface area contributed by atoms with Gasteiger partial charge in [0.1, 0.15) is 13.2 Å². The summed E-state index contributed by atoms with van der Waals surface area (Å²) >= 11 is 6.17. The Morgan fingerprint density at radius 1 is 1.29 bits per heavy atom. The molecule has 2 rings (SSSR count). The van der Waals surface area contributed by atoms with E-state index >= 15 is 0 Å². The van der Waals surface area contributed by atoms with Crippen molar-refractivity contribution < 1.29 is 14.6 Å². The van der Waals surface area contributed by atoms with Crippen LogP contribution in [-0.4, -0.2) is 24.9 Å². The number of aliphatic hydroxyl groups excluding tert-OH is 1. The van der Waals surface area contributed by atoms with Crippen molar-refractivity contribution in [2.24, 2.45) is 0 Å². The molecular formula is C13H17ClO3. The van der Waals surface area contributed by atoms with Gasteiger partial charge in [0.05, 0.1) is 5.02 Å². The highest BCUT2D eigenvalue weighted by Crippen LogP contribution is 2.44. The van der Waals surface area contributed by atoms with Gasteiger partial charge < -0.3 is 14.6 Å². The first-order valence-corrected chi connectivity index (χ1v) is 6.24. The van der Waals surface area contributed by atoms with Crippen LogP contribution in [0.3, 0.4) is 0 Å². The molecule has 4 heteroatoms. The van der Waals surface area contributed by atoms with Crippen molar-refractivity contribution in [1.29, 1.82) is 0 Å². The molecular weight excluding hydrogens is 240 g/mol. The topological polar surface area (TPSA) is 38.7 Å². The lowest BCUT2D eigenvalue weighted by atomic mass is 9.93. The van der Waals surface area contributed by atoms with Crippen molar-refractivity contribution in [1.82, 2.24) is 0 Å². The molecule has 94 valence electrons. The second kappa shape index (κ2) is 5.15. The fourth-order valence-corrected chi connectivity index (χ4v) is 2.47. The van der Waals surface area contributed by atoms with Gasteiger partial charge in [-0.05, 0) is 24.0 Å². The Morgan fingerprint density at radius 2 is 1.94 bits per heavy atom. The summed E-state index contributed by atoms with van der Waals surface area (Å²) in [4.78, 5) is 0. The van der Waals surface area contributed by atoms with Gasteiger partial charge in [0.15, 0.2) is 11.5 Å². The first-order valence-electron chi connectivity index (χ1n) is 5.87. The van der Waals surface area contributed by atoms with Gasteiger partial charge in [0.2, 0.25) is 0 Å². The molecule has 1 N–H and O–H groups in total. The zero-order valence-electron chi connectivity index (χ0n) is 10.1. The number of halogens is 1. The molecule has 17 heavy (non-hydrogen) atoms. The Labute approximate surface area is 106 Å². The molecule has 0 spiro atoms. The maximum atomic E-state index is 9.11. The Morgan fingerprint density at radius 3 is 2.53 bits per heavy atom. The van der Waals surface area contributed by atoms with Gasteiger partial charge in [0.25, 0.3) is 0 Å². The molecule has 1 aliphatic rings. The van der Waals surface area contributed by atoms with E-state index in [9.17, 15) is 0 Å².